The summed E-state index contributed by atoms with van der Waals surface area (Å²) < 4.78 is 5.10. The predicted molar refractivity (Wildman–Crippen MR) is 69.1 cm³/mol. The van der Waals surface area contributed by atoms with Gasteiger partial charge < -0.3 is 15.8 Å². The van der Waals surface area contributed by atoms with Gasteiger partial charge in [-0.05, 0) is 25.1 Å². The number of amides is 1. The number of ether oxygens (including phenoxy) is 1. The molecule has 0 aliphatic carbocycles. The molecule has 17 heavy (non-hydrogen) atoms. The summed E-state index contributed by atoms with van der Waals surface area (Å²) in [4.78, 5) is 12.0. The van der Waals surface area contributed by atoms with Gasteiger partial charge in [0, 0.05) is 17.2 Å². The Morgan fingerprint density at radius 2 is 2.18 bits per heavy atom. The molecule has 0 saturated heterocycles. The van der Waals surface area contributed by atoms with Gasteiger partial charge in [0.1, 0.15) is 5.75 Å². The minimum atomic E-state index is -0.460. The normalized spacial score (nSPS) is 11.1. The number of carbonyl (C=O) groups is 1. The fraction of sp³-hybridized carbons (Fsp3) is 0.462. The second-order valence-electron chi connectivity index (χ2n) is 4.61. The van der Waals surface area contributed by atoms with E-state index in [1.165, 1.54) is 0 Å². The SMILES string of the molecule is COc1cccc(NC(=O)C(C)(C)CCN)c1. The number of carbonyl (C=O) groups excluding carboxylic acids is 1. The summed E-state index contributed by atoms with van der Waals surface area (Å²) in [6.07, 6.45) is 0.656. The van der Waals surface area contributed by atoms with Crippen LogP contribution >= 0.6 is 0 Å². The van der Waals surface area contributed by atoms with Gasteiger partial charge in [-0.2, -0.15) is 0 Å². The molecule has 1 amide bonds. The van der Waals surface area contributed by atoms with Crippen LogP contribution in [0.2, 0.25) is 0 Å². The topological polar surface area (TPSA) is 64.3 Å². The fourth-order valence-electron chi connectivity index (χ4n) is 1.48. The van der Waals surface area contributed by atoms with Crippen molar-refractivity contribution in [2.45, 2.75) is 20.3 Å². The summed E-state index contributed by atoms with van der Waals surface area (Å²) >= 11 is 0. The molecule has 4 nitrogen and oxygen atoms in total. The van der Waals surface area contributed by atoms with Crippen LogP contribution in [-0.4, -0.2) is 19.6 Å². The summed E-state index contributed by atoms with van der Waals surface area (Å²) in [5.41, 5.74) is 5.77. The lowest BCUT2D eigenvalue weighted by atomic mass is 9.88. The maximum absolute atomic E-state index is 12.0. The Balaban J connectivity index is 2.73. The zero-order valence-corrected chi connectivity index (χ0v) is 10.6. The highest BCUT2D eigenvalue weighted by Gasteiger charge is 2.26. The lowest BCUT2D eigenvalue weighted by Gasteiger charge is -2.22. The van der Waals surface area contributed by atoms with Crippen molar-refractivity contribution >= 4 is 11.6 Å². The smallest absolute Gasteiger partial charge is 0.230 e. The van der Waals surface area contributed by atoms with E-state index in [1.807, 2.05) is 32.0 Å². The molecule has 0 bridgehead atoms. The highest BCUT2D eigenvalue weighted by Crippen LogP contribution is 2.23. The first-order valence-corrected chi connectivity index (χ1v) is 5.65. The molecule has 0 spiro atoms. The minimum Gasteiger partial charge on any atom is -0.497 e. The molecular formula is C13H20N2O2. The molecule has 1 aromatic rings. The molecule has 0 aromatic heterocycles. The zero-order chi connectivity index (χ0) is 12.9. The third-order valence-corrected chi connectivity index (χ3v) is 2.71. The first kappa shape index (κ1) is 13.5. The van der Waals surface area contributed by atoms with E-state index >= 15 is 0 Å². The number of anilines is 1. The number of hydrogen-bond donors (Lipinski definition) is 2. The predicted octanol–water partition coefficient (Wildman–Crippen LogP) is 2.01. The van der Waals surface area contributed by atoms with E-state index in [-0.39, 0.29) is 5.91 Å². The van der Waals surface area contributed by atoms with E-state index in [2.05, 4.69) is 5.32 Å². The number of hydrogen-bond acceptors (Lipinski definition) is 3. The van der Waals surface area contributed by atoms with Gasteiger partial charge in [-0.3, -0.25) is 4.79 Å². The third kappa shape index (κ3) is 3.75. The van der Waals surface area contributed by atoms with Crippen molar-refractivity contribution < 1.29 is 9.53 Å². The highest BCUT2D eigenvalue weighted by atomic mass is 16.5. The second-order valence-corrected chi connectivity index (χ2v) is 4.61. The summed E-state index contributed by atoms with van der Waals surface area (Å²) in [7, 11) is 1.60. The Morgan fingerprint density at radius 3 is 2.76 bits per heavy atom. The summed E-state index contributed by atoms with van der Waals surface area (Å²) in [5.74, 6) is 0.690. The molecule has 0 aliphatic rings. The van der Waals surface area contributed by atoms with Crippen LogP contribution in [-0.2, 0) is 4.79 Å². The highest BCUT2D eigenvalue weighted by molar-refractivity contribution is 5.94. The lowest BCUT2D eigenvalue weighted by Crippen LogP contribution is -2.32. The number of benzene rings is 1. The van der Waals surface area contributed by atoms with Crippen LogP contribution in [0, 0.1) is 5.41 Å². The van der Waals surface area contributed by atoms with Crippen molar-refractivity contribution in [3.8, 4) is 5.75 Å². The van der Waals surface area contributed by atoms with Crippen molar-refractivity contribution in [2.24, 2.45) is 11.1 Å². The number of nitrogens with two attached hydrogens (primary N) is 1. The van der Waals surface area contributed by atoms with Crippen LogP contribution in [0.15, 0.2) is 24.3 Å². The average Bonchev–Trinajstić information content (AvgIpc) is 2.29. The maximum Gasteiger partial charge on any atom is 0.230 e. The van der Waals surface area contributed by atoms with Crippen molar-refractivity contribution in [3.05, 3.63) is 24.3 Å². The van der Waals surface area contributed by atoms with Crippen LogP contribution < -0.4 is 15.8 Å². The van der Waals surface area contributed by atoms with E-state index in [1.54, 1.807) is 13.2 Å². The largest absolute Gasteiger partial charge is 0.497 e. The zero-order valence-electron chi connectivity index (χ0n) is 10.6. The standard InChI is InChI=1S/C13H20N2O2/c1-13(2,7-8-14)12(16)15-10-5-4-6-11(9-10)17-3/h4-6,9H,7-8,14H2,1-3H3,(H,15,16). The van der Waals surface area contributed by atoms with E-state index in [0.29, 0.717) is 13.0 Å². The Bertz CT molecular complexity index is 389. The van der Waals surface area contributed by atoms with Crippen molar-refractivity contribution in [1.82, 2.24) is 0 Å². The Kier molecular flexibility index (Phi) is 4.52. The van der Waals surface area contributed by atoms with Gasteiger partial charge in [-0.1, -0.05) is 19.9 Å². The van der Waals surface area contributed by atoms with Crippen molar-refractivity contribution in [2.75, 3.05) is 19.0 Å². The molecule has 1 aromatic carbocycles. The van der Waals surface area contributed by atoms with Gasteiger partial charge in [0.05, 0.1) is 7.11 Å². The molecule has 0 aliphatic heterocycles. The van der Waals surface area contributed by atoms with Gasteiger partial charge in [-0.25, -0.2) is 0 Å². The van der Waals surface area contributed by atoms with Gasteiger partial charge in [-0.15, -0.1) is 0 Å². The molecule has 0 atom stereocenters. The molecule has 0 radical (unpaired) electrons. The molecule has 1 rings (SSSR count). The Hall–Kier alpha value is -1.55. The minimum absolute atomic E-state index is 0.0313. The van der Waals surface area contributed by atoms with E-state index in [0.717, 1.165) is 11.4 Å². The monoisotopic (exact) mass is 236 g/mol. The maximum atomic E-state index is 12.0. The first-order valence-electron chi connectivity index (χ1n) is 5.65. The third-order valence-electron chi connectivity index (χ3n) is 2.71. The first-order chi connectivity index (χ1) is 7.99. The average molecular weight is 236 g/mol. The summed E-state index contributed by atoms with van der Waals surface area (Å²) in [6, 6.07) is 7.29. The van der Waals surface area contributed by atoms with E-state index in [9.17, 15) is 4.79 Å². The Morgan fingerprint density at radius 1 is 1.47 bits per heavy atom. The van der Waals surface area contributed by atoms with Crippen LogP contribution in [0.5, 0.6) is 5.75 Å². The van der Waals surface area contributed by atoms with Gasteiger partial charge in [0.25, 0.3) is 0 Å². The van der Waals surface area contributed by atoms with Gasteiger partial charge in [0.2, 0.25) is 5.91 Å². The molecule has 0 fully saturated rings. The number of rotatable bonds is 5. The van der Waals surface area contributed by atoms with Crippen LogP contribution in [0.1, 0.15) is 20.3 Å². The molecular weight excluding hydrogens is 216 g/mol. The quantitative estimate of drug-likeness (QED) is 0.822. The molecule has 3 N–H and O–H groups in total. The van der Waals surface area contributed by atoms with Crippen LogP contribution in [0.25, 0.3) is 0 Å². The van der Waals surface area contributed by atoms with Crippen LogP contribution in [0.3, 0.4) is 0 Å². The van der Waals surface area contributed by atoms with E-state index < -0.39 is 5.41 Å². The van der Waals surface area contributed by atoms with Crippen molar-refractivity contribution in [3.63, 3.8) is 0 Å². The van der Waals surface area contributed by atoms with Gasteiger partial charge >= 0.3 is 0 Å². The van der Waals surface area contributed by atoms with Crippen molar-refractivity contribution in [1.29, 1.82) is 0 Å². The summed E-state index contributed by atoms with van der Waals surface area (Å²) in [5, 5.41) is 2.87. The molecule has 4 heteroatoms. The second kappa shape index (κ2) is 5.68. The molecule has 0 unspecified atom stereocenters. The Labute approximate surface area is 102 Å². The number of methoxy groups -OCH3 is 1. The molecule has 0 saturated carbocycles. The summed E-state index contributed by atoms with van der Waals surface area (Å²) in [6.45, 7) is 4.27. The molecule has 0 heterocycles. The van der Waals surface area contributed by atoms with Gasteiger partial charge in [0.15, 0.2) is 0 Å². The fourth-order valence-corrected chi connectivity index (χ4v) is 1.48. The number of nitrogens with one attached hydrogen (secondary N) is 1. The van der Waals surface area contributed by atoms with E-state index in [4.69, 9.17) is 10.5 Å². The van der Waals surface area contributed by atoms with Crippen LogP contribution in [0.4, 0.5) is 5.69 Å². The lowest BCUT2D eigenvalue weighted by molar-refractivity contribution is -0.124. The molecule has 94 valence electrons.